The minimum absolute atomic E-state index is 0.0976. The van der Waals surface area contributed by atoms with Crippen molar-refractivity contribution < 1.29 is 19.2 Å². The molecule has 0 unspecified atom stereocenters. The molecule has 0 aromatic carbocycles. The molecular formula is C8H15NO4. The van der Waals surface area contributed by atoms with E-state index in [9.17, 15) is 9.59 Å². The first-order chi connectivity index (χ1) is 6.11. The summed E-state index contributed by atoms with van der Waals surface area (Å²) in [5, 5.41) is 1.08. The highest BCUT2D eigenvalue weighted by atomic mass is 16.7. The lowest BCUT2D eigenvalue weighted by Gasteiger charge is -2.12. The monoisotopic (exact) mass is 189 g/mol. The van der Waals surface area contributed by atoms with E-state index in [1.54, 1.807) is 6.92 Å². The first kappa shape index (κ1) is 11.9. The quantitative estimate of drug-likeness (QED) is 0.462. The fraction of sp³-hybridized carbons (Fsp3) is 0.750. The molecular weight excluding hydrogens is 174 g/mol. The topological polar surface area (TPSA) is 55.8 Å². The van der Waals surface area contributed by atoms with Gasteiger partial charge in [-0.2, -0.15) is 0 Å². The molecule has 0 fully saturated rings. The highest BCUT2D eigenvalue weighted by Gasteiger charge is 2.10. The Morgan fingerprint density at radius 1 is 1.31 bits per heavy atom. The molecule has 0 aliphatic rings. The first-order valence-corrected chi connectivity index (χ1v) is 4.08. The number of hydrogen-bond acceptors (Lipinski definition) is 4. The van der Waals surface area contributed by atoms with Gasteiger partial charge in [-0.05, 0) is 6.92 Å². The second-order valence-corrected chi connectivity index (χ2v) is 2.38. The summed E-state index contributed by atoms with van der Waals surface area (Å²) in [6, 6.07) is 0. The zero-order chi connectivity index (χ0) is 10.3. The molecule has 5 nitrogen and oxygen atoms in total. The largest absolute Gasteiger partial charge is 0.466 e. The predicted octanol–water partition coefficient (Wildman–Crippen LogP) is 0.349. The molecule has 0 aromatic heterocycles. The smallest absolute Gasteiger partial charge is 0.306 e. The van der Waals surface area contributed by atoms with Gasteiger partial charge in [0.2, 0.25) is 5.91 Å². The van der Waals surface area contributed by atoms with Gasteiger partial charge in [0.25, 0.3) is 0 Å². The Bertz CT molecular complexity index is 181. The second-order valence-electron chi connectivity index (χ2n) is 2.38. The van der Waals surface area contributed by atoms with Gasteiger partial charge < -0.3 is 4.74 Å². The molecule has 0 aromatic rings. The summed E-state index contributed by atoms with van der Waals surface area (Å²) in [5.74, 6) is -0.601. The number of ether oxygens (including phenoxy) is 1. The number of hydroxylamine groups is 2. The molecule has 0 radical (unpaired) electrons. The number of nitrogens with zero attached hydrogens (tertiary/aromatic N) is 1. The molecule has 76 valence electrons. The lowest BCUT2D eigenvalue weighted by molar-refractivity contribution is -0.170. The van der Waals surface area contributed by atoms with Crippen LogP contribution in [-0.4, -0.2) is 37.7 Å². The van der Waals surface area contributed by atoms with Crippen molar-refractivity contribution in [2.24, 2.45) is 0 Å². The van der Waals surface area contributed by atoms with Crippen LogP contribution >= 0.6 is 0 Å². The Morgan fingerprint density at radius 2 is 1.92 bits per heavy atom. The summed E-state index contributed by atoms with van der Waals surface area (Å²) >= 11 is 0. The van der Waals surface area contributed by atoms with Gasteiger partial charge in [0.05, 0.1) is 20.1 Å². The summed E-state index contributed by atoms with van der Waals surface area (Å²) in [6.07, 6.45) is 0.212. The van der Waals surface area contributed by atoms with Gasteiger partial charge in [-0.1, -0.05) is 0 Å². The fourth-order valence-electron chi connectivity index (χ4n) is 0.701. The van der Waals surface area contributed by atoms with Crippen LogP contribution in [0, 0.1) is 0 Å². The fourth-order valence-corrected chi connectivity index (χ4v) is 0.701. The van der Waals surface area contributed by atoms with Gasteiger partial charge in [0.15, 0.2) is 0 Å². The van der Waals surface area contributed by atoms with Crippen LogP contribution in [-0.2, 0) is 19.2 Å². The standard InChI is InChI=1S/C8H15NO4/c1-4-13-8(11)6-5-7(10)9(2)12-3/h4-6H2,1-3H3. The molecule has 0 aliphatic heterocycles. The van der Waals surface area contributed by atoms with Crippen LogP contribution in [0.15, 0.2) is 0 Å². The number of amides is 1. The van der Waals surface area contributed by atoms with Crippen molar-refractivity contribution in [3.05, 3.63) is 0 Å². The Morgan fingerprint density at radius 3 is 2.38 bits per heavy atom. The van der Waals surface area contributed by atoms with Gasteiger partial charge in [-0.3, -0.25) is 14.4 Å². The number of carbonyl (C=O) groups is 2. The van der Waals surface area contributed by atoms with E-state index in [-0.39, 0.29) is 24.7 Å². The Kier molecular flexibility index (Phi) is 5.88. The summed E-state index contributed by atoms with van der Waals surface area (Å²) in [4.78, 5) is 26.5. The van der Waals surface area contributed by atoms with Crippen molar-refractivity contribution in [3.63, 3.8) is 0 Å². The van der Waals surface area contributed by atoms with Crippen LogP contribution in [0.1, 0.15) is 19.8 Å². The van der Waals surface area contributed by atoms with Crippen molar-refractivity contribution in [3.8, 4) is 0 Å². The van der Waals surface area contributed by atoms with Crippen LogP contribution in [0.5, 0.6) is 0 Å². The van der Waals surface area contributed by atoms with Gasteiger partial charge in [-0.25, -0.2) is 5.06 Å². The van der Waals surface area contributed by atoms with E-state index in [0.29, 0.717) is 6.61 Å². The van der Waals surface area contributed by atoms with Crippen molar-refractivity contribution >= 4 is 11.9 Å². The molecule has 5 heteroatoms. The highest BCUT2D eigenvalue weighted by Crippen LogP contribution is 1.97. The maximum Gasteiger partial charge on any atom is 0.306 e. The van der Waals surface area contributed by atoms with E-state index < -0.39 is 0 Å². The van der Waals surface area contributed by atoms with Crippen molar-refractivity contribution in [2.75, 3.05) is 20.8 Å². The Labute approximate surface area is 77.6 Å². The number of hydrogen-bond donors (Lipinski definition) is 0. The molecule has 0 saturated carbocycles. The number of carbonyl (C=O) groups excluding carboxylic acids is 2. The third kappa shape index (κ3) is 5.19. The van der Waals surface area contributed by atoms with E-state index in [2.05, 4.69) is 9.57 Å². The van der Waals surface area contributed by atoms with Crippen molar-refractivity contribution in [1.29, 1.82) is 0 Å². The average molecular weight is 189 g/mol. The average Bonchev–Trinajstić information content (AvgIpc) is 2.13. The van der Waals surface area contributed by atoms with E-state index >= 15 is 0 Å². The zero-order valence-corrected chi connectivity index (χ0v) is 8.20. The van der Waals surface area contributed by atoms with Crippen molar-refractivity contribution in [2.45, 2.75) is 19.8 Å². The molecule has 13 heavy (non-hydrogen) atoms. The predicted molar refractivity (Wildman–Crippen MR) is 45.6 cm³/mol. The van der Waals surface area contributed by atoms with Crippen LogP contribution in [0.25, 0.3) is 0 Å². The maximum absolute atomic E-state index is 11.1. The minimum Gasteiger partial charge on any atom is -0.466 e. The zero-order valence-electron chi connectivity index (χ0n) is 8.20. The highest BCUT2D eigenvalue weighted by molar-refractivity contribution is 5.80. The molecule has 1 amide bonds. The minimum atomic E-state index is -0.361. The molecule has 0 spiro atoms. The maximum atomic E-state index is 11.1. The second kappa shape index (κ2) is 6.42. The van der Waals surface area contributed by atoms with E-state index in [1.807, 2.05) is 0 Å². The molecule has 0 atom stereocenters. The number of esters is 1. The van der Waals surface area contributed by atoms with E-state index in [0.717, 1.165) is 5.06 Å². The molecule has 0 saturated heterocycles. The first-order valence-electron chi connectivity index (χ1n) is 4.08. The summed E-state index contributed by atoms with van der Waals surface area (Å²) < 4.78 is 4.66. The molecule has 0 N–H and O–H groups in total. The van der Waals surface area contributed by atoms with Crippen LogP contribution in [0.2, 0.25) is 0 Å². The van der Waals surface area contributed by atoms with Crippen LogP contribution in [0.3, 0.4) is 0 Å². The number of rotatable bonds is 5. The third-order valence-corrected chi connectivity index (χ3v) is 1.47. The molecule has 0 rings (SSSR count). The summed E-state index contributed by atoms with van der Waals surface area (Å²) in [7, 11) is 2.88. The third-order valence-electron chi connectivity index (χ3n) is 1.47. The summed E-state index contributed by atoms with van der Waals surface area (Å²) in [5.41, 5.74) is 0. The normalized spacial score (nSPS) is 9.46. The van der Waals surface area contributed by atoms with Crippen LogP contribution in [0.4, 0.5) is 0 Å². The van der Waals surface area contributed by atoms with Gasteiger partial charge in [0.1, 0.15) is 0 Å². The Hall–Kier alpha value is -1.10. The lowest BCUT2D eigenvalue weighted by atomic mass is 10.3. The SMILES string of the molecule is CCOC(=O)CCC(=O)N(C)OC. The van der Waals surface area contributed by atoms with Crippen molar-refractivity contribution in [1.82, 2.24) is 5.06 Å². The van der Waals surface area contributed by atoms with E-state index in [4.69, 9.17) is 0 Å². The van der Waals surface area contributed by atoms with Gasteiger partial charge in [0, 0.05) is 13.5 Å². The summed E-state index contributed by atoms with van der Waals surface area (Å²) in [6.45, 7) is 2.06. The molecule has 0 bridgehead atoms. The molecule has 0 aliphatic carbocycles. The lowest BCUT2D eigenvalue weighted by Crippen LogP contribution is -2.25. The Balaban J connectivity index is 3.63. The molecule has 0 heterocycles. The van der Waals surface area contributed by atoms with Gasteiger partial charge in [-0.15, -0.1) is 0 Å². The van der Waals surface area contributed by atoms with E-state index in [1.165, 1.54) is 14.2 Å². The van der Waals surface area contributed by atoms with Crippen LogP contribution < -0.4 is 0 Å². The van der Waals surface area contributed by atoms with Gasteiger partial charge >= 0.3 is 5.97 Å².